The van der Waals surface area contributed by atoms with E-state index in [-0.39, 0.29) is 25.7 Å². The summed E-state index contributed by atoms with van der Waals surface area (Å²) in [5, 5.41) is 10.6. The minimum atomic E-state index is -4.97. The monoisotopic (exact) mass is 1390 g/mol. The molecule has 0 heterocycles. The van der Waals surface area contributed by atoms with E-state index in [1.807, 2.05) is 0 Å². The normalized spacial score (nSPS) is 14.4. The van der Waals surface area contributed by atoms with Gasteiger partial charge in [0.2, 0.25) is 0 Å². The maximum Gasteiger partial charge on any atom is 0.472 e. The van der Waals surface area contributed by atoms with Gasteiger partial charge in [-0.05, 0) is 135 Å². The molecule has 0 aromatic rings. The molecule has 17 nitrogen and oxygen atoms in total. The van der Waals surface area contributed by atoms with E-state index in [2.05, 4.69) is 113 Å². The van der Waals surface area contributed by atoms with Crippen molar-refractivity contribution in [1.29, 1.82) is 0 Å². The van der Waals surface area contributed by atoms with Crippen molar-refractivity contribution in [3.8, 4) is 0 Å². The molecule has 3 N–H and O–H groups in total. The summed E-state index contributed by atoms with van der Waals surface area (Å²) >= 11 is 0. The summed E-state index contributed by atoms with van der Waals surface area (Å²) in [4.78, 5) is 72.7. The summed E-state index contributed by atoms with van der Waals surface area (Å²) in [6.45, 7) is 4.67. The van der Waals surface area contributed by atoms with Gasteiger partial charge in [0.25, 0.3) is 0 Å². The van der Waals surface area contributed by atoms with Gasteiger partial charge in [-0.3, -0.25) is 37.3 Å². The number of allylic oxidation sites excluding steroid dienone is 14. The van der Waals surface area contributed by atoms with E-state index in [0.717, 1.165) is 180 Å². The van der Waals surface area contributed by atoms with Gasteiger partial charge in [0.15, 0.2) is 12.2 Å². The van der Waals surface area contributed by atoms with Crippen molar-refractivity contribution in [3.63, 3.8) is 0 Å². The molecule has 0 fully saturated rings. The van der Waals surface area contributed by atoms with Gasteiger partial charge in [-0.2, -0.15) is 0 Å². The summed E-state index contributed by atoms with van der Waals surface area (Å²) < 4.78 is 68.4. The van der Waals surface area contributed by atoms with Crippen LogP contribution in [0.3, 0.4) is 0 Å². The molecule has 96 heavy (non-hydrogen) atoms. The van der Waals surface area contributed by atoms with Gasteiger partial charge >= 0.3 is 39.5 Å². The Morgan fingerprint density at radius 3 is 0.875 bits per heavy atom. The van der Waals surface area contributed by atoms with Gasteiger partial charge in [0.05, 0.1) is 26.4 Å². The molecule has 0 rings (SSSR count). The maximum absolute atomic E-state index is 13.1. The number of aliphatic hydroxyl groups is 1. The highest BCUT2D eigenvalue weighted by Gasteiger charge is 2.30. The molecule has 0 bridgehead atoms. The molecular weight excluding hydrogens is 1260 g/mol. The average Bonchev–Trinajstić information content (AvgIpc) is 1.11. The Morgan fingerprint density at radius 2 is 0.552 bits per heavy atom. The predicted molar refractivity (Wildman–Crippen MR) is 390 cm³/mol. The third kappa shape index (κ3) is 68.8. The topological polar surface area (TPSA) is 237 Å². The number of carbonyl (C=O) groups excluding carboxylic acids is 4. The minimum Gasteiger partial charge on any atom is -0.462 e. The number of hydrogen-bond acceptors (Lipinski definition) is 15. The smallest absolute Gasteiger partial charge is 0.462 e. The highest BCUT2D eigenvalue weighted by atomic mass is 31.2. The van der Waals surface area contributed by atoms with Crippen LogP contribution in [-0.4, -0.2) is 96.7 Å². The van der Waals surface area contributed by atoms with Crippen LogP contribution < -0.4 is 0 Å². The fourth-order valence-corrected chi connectivity index (χ4v) is 11.6. The first-order valence-electron chi connectivity index (χ1n) is 37.8. The van der Waals surface area contributed by atoms with Gasteiger partial charge in [0.1, 0.15) is 19.3 Å². The van der Waals surface area contributed by atoms with Crippen LogP contribution in [-0.2, 0) is 65.4 Å². The quantitative estimate of drug-likeness (QED) is 0.0169. The molecular formula is C77H136O17P2. The largest absolute Gasteiger partial charge is 0.472 e. The van der Waals surface area contributed by atoms with Crippen LogP contribution >= 0.6 is 15.6 Å². The first kappa shape index (κ1) is 92.2. The van der Waals surface area contributed by atoms with Gasteiger partial charge in [-0.1, -0.05) is 248 Å². The average molecular weight is 1400 g/mol. The standard InChI is InChI=1S/C77H136O17P2/c1-5-9-13-17-21-25-29-32-33-34-35-36-37-40-43-46-50-54-58-62-75(80)88-67-72(93-76(81)63-59-55-51-47-41-28-24-20-16-12-8-4)69-91-95(83,84)89-65-71(78)66-90-96(85,86)92-70-73(94-77(82)64-60-56-52-48-44-39-31-27-23-19-15-11-7-3)68-87-74(79)61-57-53-49-45-42-38-30-26-22-18-14-10-6-2/h9,13,20-21,24-27,30-33,35-36,71-73,78H,5-8,10-12,14-19,22-23,28-29,34,37-70H2,1-4H3,(H,83,84)(H,85,86)/b13-9-,24-20-,25-21-,30-26-,31-27-,33-32-,36-35-. The lowest BCUT2D eigenvalue weighted by Gasteiger charge is -2.21. The predicted octanol–water partition coefficient (Wildman–Crippen LogP) is 21.4. The van der Waals surface area contributed by atoms with Gasteiger partial charge < -0.3 is 33.8 Å². The van der Waals surface area contributed by atoms with Gasteiger partial charge in [-0.15, -0.1) is 0 Å². The van der Waals surface area contributed by atoms with Crippen LogP contribution in [0.2, 0.25) is 0 Å². The molecule has 0 saturated carbocycles. The Kier molecular flexibility index (Phi) is 67.0. The van der Waals surface area contributed by atoms with Crippen LogP contribution in [0, 0.1) is 0 Å². The second-order valence-corrected chi connectivity index (χ2v) is 28.1. The Hall–Kier alpha value is -3.76. The molecule has 5 unspecified atom stereocenters. The molecule has 5 atom stereocenters. The van der Waals surface area contributed by atoms with Crippen molar-refractivity contribution in [2.75, 3.05) is 39.6 Å². The van der Waals surface area contributed by atoms with Crippen molar-refractivity contribution >= 4 is 39.5 Å². The molecule has 0 aliphatic rings. The lowest BCUT2D eigenvalue weighted by atomic mass is 10.1. The molecule has 0 aromatic heterocycles. The zero-order chi connectivity index (χ0) is 70.4. The Labute approximate surface area is 583 Å². The molecule has 0 saturated heterocycles. The minimum absolute atomic E-state index is 0.0816. The van der Waals surface area contributed by atoms with E-state index >= 15 is 0 Å². The number of hydrogen-bond donors (Lipinski definition) is 3. The number of phosphoric ester groups is 2. The Morgan fingerprint density at radius 1 is 0.302 bits per heavy atom. The lowest BCUT2D eigenvalue weighted by molar-refractivity contribution is -0.161. The molecule has 19 heteroatoms. The van der Waals surface area contributed by atoms with Crippen LogP contribution in [0.4, 0.5) is 0 Å². The number of aliphatic hydroxyl groups excluding tert-OH is 1. The Balaban J connectivity index is 5.30. The highest BCUT2D eigenvalue weighted by Crippen LogP contribution is 2.45. The molecule has 0 spiro atoms. The van der Waals surface area contributed by atoms with Crippen LogP contribution in [0.5, 0.6) is 0 Å². The van der Waals surface area contributed by atoms with Crippen LogP contribution in [0.15, 0.2) is 85.1 Å². The first-order valence-corrected chi connectivity index (χ1v) is 40.8. The summed E-state index contributed by atoms with van der Waals surface area (Å²) in [5.41, 5.74) is 0. The molecule has 0 aromatic carbocycles. The van der Waals surface area contributed by atoms with E-state index in [1.54, 1.807) is 0 Å². The number of carbonyl (C=O) groups is 4. The number of rotatable bonds is 71. The molecule has 0 amide bonds. The summed E-state index contributed by atoms with van der Waals surface area (Å²) in [5.74, 6) is -2.20. The van der Waals surface area contributed by atoms with Crippen molar-refractivity contribution < 1.29 is 80.2 Å². The van der Waals surface area contributed by atoms with Gasteiger partial charge in [0, 0.05) is 25.7 Å². The second kappa shape index (κ2) is 69.7. The van der Waals surface area contributed by atoms with Gasteiger partial charge in [-0.25, -0.2) is 9.13 Å². The fourth-order valence-electron chi connectivity index (χ4n) is 10.0. The van der Waals surface area contributed by atoms with E-state index in [4.69, 9.17) is 37.0 Å². The van der Waals surface area contributed by atoms with Crippen molar-refractivity contribution in [3.05, 3.63) is 85.1 Å². The van der Waals surface area contributed by atoms with E-state index < -0.39 is 97.5 Å². The summed E-state index contributed by atoms with van der Waals surface area (Å²) in [7, 11) is -9.94. The highest BCUT2D eigenvalue weighted by molar-refractivity contribution is 7.47. The summed E-state index contributed by atoms with van der Waals surface area (Å²) in [6.07, 6.45) is 70.1. The van der Waals surface area contributed by atoms with E-state index in [9.17, 15) is 43.2 Å². The van der Waals surface area contributed by atoms with Crippen molar-refractivity contribution in [2.24, 2.45) is 0 Å². The first-order chi connectivity index (χ1) is 46.7. The van der Waals surface area contributed by atoms with E-state index in [1.165, 1.54) is 64.2 Å². The van der Waals surface area contributed by atoms with Crippen LogP contribution in [0.1, 0.15) is 323 Å². The SMILES string of the molecule is CC/C=C\C/C=C\C/C=C\C/C=C\CCCCCCCCC(=O)OCC(COP(=O)(O)OCC(O)COP(=O)(O)OCC(COC(=O)CCCCCCC/C=C\CCCCCC)OC(=O)CCCCCCC/C=C\CCCCCC)OC(=O)CCCCCCC/C=C\CCCC. The maximum atomic E-state index is 13.1. The third-order valence-corrected chi connectivity index (χ3v) is 17.7. The van der Waals surface area contributed by atoms with Crippen molar-refractivity contribution in [1.82, 2.24) is 0 Å². The summed E-state index contributed by atoms with van der Waals surface area (Å²) in [6, 6.07) is 0. The number of ether oxygens (including phenoxy) is 4. The number of phosphoric acid groups is 2. The van der Waals surface area contributed by atoms with E-state index in [0.29, 0.717) is 25.7 Å². The second-order valence-electron chi connectivity index (χ2n) is 25.2. The van der Waals surface area contributed by atoms with Crippen LogP contribution in [0.25, 0.3) is 0 Å². The Bertz CT molecular complexity index is 2160. The zero-order valence-electron chi connectivity index (χ0n) is 60.5. The fraction of sp³-hybridized carbons (Fsp3) is 0.766. The zero-order valence-corrected chi connectivity index (χ0v) is 62.3. The lowest BCUT2D eigenvalue weighted by Crippen LogP contribution is -2.30. The number of unbranched alkanes of at least 4 members (excludes halogenated alkanes) is 31. The molecule has 0 aliphatic heterocycles. The third-order valence-electron chi connectivity index (χ3n) is 15.8. The number of esters is 4. The molecule has 556 valence electrons. The molecule has 0 aliphatic carbocycles. The molecule has 0 radical (unpaired) electrons. The van der Waals surface area contributed by atoms with Crippen molar-refractivity contribution in [2.45, 2.75) is 341 Å².